The second kappa shape index (κ2) is 7.81. The maximum absolute atomic E-state index is 12.4. The van der Waals surface area contributed by atoms with Crippen molar-refractivity contribution >= 4 is 69.3 Å². The molecule has 0 saturated carbocycles. The lowest BCUT2D eigenvalue weighted by Crippen LogP contribution is -2.12. The van der Waals surface area contributed by atoms with E-state index < -0.39 is 5.91 Å². The molecule has 0 spiro atoms. The van der Waals surface area contributed by atoms with Gasteiger partial charge in [-0.1, -0.05) is 58.5 Å². The predicted octanol–water partition coefficient (Wildman–Crippen LogP) is 6.80. The summed E-state index contributed by atoms with van der Waals surface area (Å²) in [6.07, 6.45) is 1.41. The van der Waals surface area contributed by atoms with Gasteiger partial charge in [-0.3, -0.25) is 4.79 Å². The molecule has 0 radical (unpaired) electrons. The number of carbonyl (C=O) groups is 1. The van der Waals surface area contributed by atoms with Crippen molar-refractivity contribution in [2.75, 3.05) is 5.32 Å². The second-order valence-corrected chi connectivity index (χ2v) is 7.86. The molecule has 128 valence electrons. The Morgan fingerprint density at radius 3 is 2.56 bits per heavy atom. The highest BCUT2D eigenvalue weighted by molar-refractivity contribution is 7.20. The van der Waals surface area contributed by atoms with Crippen LogP contribution in [0.5, 0.6) is 11.6 Å². The minimum Gasteiger partial charge on any atom is -0.435 e. The number of thiophene rings is 1. The summed E-state index contributed by atoms with van der Waals surface area (Å²) in [5.41, 5.74) is 0.716. The molecule has 1 amide bonds. The molecule has 3 aromatic rings. The van der Waals surface area contributed by atoms with Gasteiger partial charge in [0.25, 0.3) is 5.91 Å². The van der Waals surface area contributed by atoms with Gasteiger partial charge in [0.05, 0.1) is 20.6 Å². The molecule has 1 aromatic carbocycles. The maximum Gasteiger partial charge on any atom is 0.258 e. The fraction of sp³-hybridized carbons (Fsp3) is 0. The molecule has 3 rings (SSSR count). The molecule has 0 saturated heterocycles. The molecular weight excluding hydrogens is 426 g/mol. The van der Waals surface area contributed by atoms with Crippen LogP contribution in [0.2, 0.25) is 18.7 Å². The quantitative estimate of drug-likeness (QED) is 0.492. The number of pyridine rings is 1. The van der Waals surface area contributed by atoms with E-state index in [0.717, 1.165) is 11.3 Å². The summed E-state index contributed by atoms with van der Waals surface area (Å²) in [6, 6.07) is 9.87. The summed E-state index contributed by atoms with van der Waals surface area (Å²) in [5, 5.41) is 3.38. The first-order valence-electron chi connectivity index (χ1n) is 6.78. The van der Waals surface area contributed by atoms with Gasteiger partial charge >= 0.3 is 0 Å². The van der Waals surface area contributed by atoms with Crippen molar-refractivity contribution < 1.29 is 9.53 Å². The van der Waals surface area contributed by atoms with E-state index in [0.29, 0.717) is 25.1 Å². The Kier molecular flexibility index (Phi) is 5.71. The number of hydrogen-bond acceptors (Lipinski definition) is 4. The molecule has 0 fully saturated rings. The van der Waals surface area contributed by atoms with Gasteiger partial charge in [-0.2, -0.15) is 0 Å². The number of aromatic nitrogens is 1. The molecule has 0 unspecified atom stereocenters. The Balaban J connectivity index is 1.86. The van der Waals surface area contributed by atoms with Crippen LogP contribution >= 0.6 is 57.7 Å². The Labute approximate surface area is 167 Å². The molecule has 1 N–H and O–H groups in total. The van der Waals surface area contributed by atoms with E-state index in [1.54, 1.807) is 24.3 Å². The normalized spacial score (nSPS) is 10.6. The highest BCUT2D eigenvalue weighted by Gasteiger charge is 2.17. The number of anilines is 1. The van der Waals surface area contributed by atoms with Crippen molar-refractivity contribution in [2.24, 2.45) is 0 Å². The minimum atomic E-state index is -0.403. The van der Waals surface area contributed by atoms with Crippen LogP contribution in [0.4, 0.5) is 5.69 Å². The highest BCUT2D eigenvalue weighted by atomic mass is 35.5. The lowest BCUT2D eigenvalue weighted by Gasteiger charge is -2.12. The number of carbonyl (C=O) groups excluding carboxylic acids is 1. The van der Waals surface area contributed by atoms with E-state index in [1.807, 2.05) is 0 Å². The number of nitrogens with one attached hydrogen (secondary N) is 1. The van der Waals surface area contributed by atoms with E-state index >= 15 is 0 Å². The highest BCUT2D eigenvalue weighted by Crippen LogP contribution is 2.35. The maximum atomic E-state index is 12.4. The molecule has 0 aliphatic carbocycles. The van der Waals surface area contributed by atoms with Gasteiger partial charge < -0.3 is 10.1 Å². The standard InChI is InChI=1S/C16H8Cl4N2O2S/c17-8-5-10(18)16(21-7-8)24-12-4-2-1-3-11(12)22-15(23)9-6-13(19)25-14(9)20/h1-7H,(H,22,23). The molecule has 2 heterocycles. The number of halogens is 4. The molecule has 25 heavy (non-hydrogen) atoms. The largest absolute Gasteiger partial charge is 0.435 e. The zero-order chi connectivity index (χ0) is 18.0. The fourth-order valence-electron chi connectivity index (χ4n) is 1.92. The smallest absolute Gasteiger partial charge is 0.258 e. The summed E-state index contributed by atoms with van der Waals surface area (Å²) in [5.74, 6) is 0.133. The summed E-state index contributed by atoms with van der Waals surface area (Å²) < 4.78 is 6.43. The van der Waals surface area contributed by atoms with Crippen molar-refractivity contribution in [2.45, 2.75) is 0 Å². The Hall–Kier alpha value is -1.50. The van der Waals surface area contributed by atoms with Crippen LogP contribution in [-0.4, -0.2) is 10.9 Å². The third-order valence-electron chi connectivity index (χ3n) is 3.02. The van der Waals surface area contributed by atoms with Crippen molar-refractivity contribution in [3.8, 4) is 11.6 Å². The second-order valence-electron chi connectivity index (χ2n) is 4.73. The number of nitrogens with zero attached hydrogens (tertiary/aromatic N) is 1. The van der Waals surface area contributed by atoms with E-state index in [1.165, 1.54) is 18.3 Å². The zero-order valence-corrected chi connectivity index (χ0v) is 16.1. The lowest BCUT2D eigenvalue weighted by molar-refractivity contribution is 0.102. The Bertz CT molecular complexity index is 946. The molecule has 4 nitrogen and oxygen atoms in total. The molecular formula is C16H8Cl4N2O2S. The minimum absolute atomic E-state index is 0.171. The number of hydrogen-bond donors (Lipinski definition) is 1. The Morgan fingerprint density at radius 2 is 1.88 bits per heavy atom. The molecule has 9 heteroatoms. The molecule has 0 atom stereocenters. The van der Waals surface area contributed by atoms with Crippen LogP contribution in [0, 0.1) is 0 Å². The predicted molar refractivity (Wildman–Crippen MR) is 103 cm³/mol. The fourth-order valence-corrected chi connectivity index (χ4v) is 3.80. The van der Waals surface area contributed by atoms with Crippen LogP contribution in [0.1, 0.15) is 10.4 Å². The van der Waals surface area contributed by atoms with E-state index in [9.17, 15) is 4.79 Å². The van der Waals surface area contributed by atoms with Gasteiger partial charge in [0.2, 0.25) is 5.88 Å². The number of benzene rings is 1. The van der Waals surface area contributed by atoms with E-state index in [-0.39, 0.29) is 16.5 Å². The zero-order valence-electron chi connectivity index (χ0n) is 12.2. The average Bonchev–Trinajstić information content (AvgIpc) is 2.90. The molecule has 2 aromatic heterocycles. The monoisotopic (exact) mass is 432 g/mol. The van der Waals surface area contributed by atoms with Gasteiger partial charge in [-0.25, -0.2) is 4.98 Å². The average molecular weight is 434 g/mol. The third-order valence-corrected chi connectivity index (χ3v) is 4.98. The van der Waals surface area contributed by atoms with Crippen LogP contribution < -0.4 is 10.1 Å². The van der Waals surface area contributed by atoms with E-state index in [4.69, 9.17) is 51.1 Å². The summed E-state index contributed by atoms with van der Waals surface area (Å²) in [6.45, 7) is 0. The van der Waals surface area contributed by atoms with Gasteiger partial charge in [-0.15, -0.1) is 11.3 Å². The molecule has 0 aliphatic heterocycles. The van der Waals surface area contributed by atoms with Crippen molar-refractivity contribution in [1.82, 2.24) is 4.98 Å². The van der Waals surface area contributed by atoms with Crippen LogP contribution in [0.25, 0.3) is 0 Å². The summed E-state index contributed by atoms with van der Waals surface area (Å²) in [7, 11) is 0. The lowest BCUT2D eigenvalue weighted by atomic mass is 10.2. The van der Waals surface area contributed by atoms with Gasteiger partial charge in [0, 0.05) is 6.20 Å². The molecule has 0 bridgehead atoms. The van der Waals surface area contributed by atoms with Crippen molar-refractivity contribution in [1.29, 1.82) is 0 Å². The first-order chi connectivity index (χ1) is 11.9. The number of ether oxygens (including phenoxy) is 1. The van der Waals surface area contributed by atoms with Gasteiger partial charge in [-0.05, 0) is 24.3 Å². The first kappa shape index (κ1) is 18.3. The van der Waals surface area contributed by atoms with Gasteiger partial charge in [0.15, 0.2) is 5.75 Å². The van der Waals surface area contributed by atoms with Crippen LogP contribution in [0.3, 0.4) is 0 Å². The van der Waals surface area contributed by atoms with Crippen LogP contribution in [0.15, 0.2) is 42.6 Å². The Morgan fingerprint density at radius 1 is 1.12 bits per heavy atom. The number of amides is 1. The SMILES string of the molecule is O=C(Nc1ccccc1Oc1ncc(Cl)cc1Cl)c1cc(Cl)sc1Cl. The number of para-hydroxylation sites is 2. The summed E-state index contributed by atoms with van der Waals surface area (Å²) >= 11 is 24.9. The van der Waals surface area contributed by atoms with Crippen molar-refractivity contribution in [3.63, 3.8) is 0 Å². The number of rotatable bonds is 4. The third kappa shape index (κ3) is 4.37. The van der Waals surface area contributed by atoms with Gasteiger partial charge in [0.1, 0.15) is 9.36 Å². The van der Waals surface area contributed by atoms with Crippen molar-refractivity contribution in [3.05, 3.63) is 66.9 Å². The van der Waals surface area contributed by atoms with E-state index in [2.05, 4.69) is 10.3 Å². The van der Waals surface area contributed by atoms with Crippen LogP contribution in [-0.2, 0) is 0 Å². The topological polar surface area (TPSA) is 51.2 Å². The first-order valence-corrected chi connectivity index (χ1v) is 9.11. The summed E-state index contributed by atoms with van der Waals surface area (Å²) in [4.78, 5) is 16.4. The molecule has 0 aliphatic rings.